The molecule has 0 radical (unpaired) electrons. The van der Waals surface area contributed by atoms with Crippen LogP contribution >= 0.6 is 0 Å². The standard InChI is InChI=1S/C15H21N3O2/c1-17-9-10-18(15(17)12-16-19)13-20-11-5-8-14-6-3-2-4-7-14/h2-4,6-7,9-10,12,15,19H,5,8,11,13H2,1H3/b16-12-. The number of ether oxygens (including phenoxy) is 1. The van der Waals surface area contributed by atoms with E-state index in [1.807, 2.05) is 35.3 Å². The predicted molar refractivity (Wildman–Crippen MR) is 78.4 cm³/mol. The molecule has 0 saturated carbocycles. The summed E-state index contributed by atoms with van der Waals surface area (Å²) in [4.78, 5) is 3.93. The Kier molecular flexibility index (Phi) is 5.43. The summed E-state index contributed by atoms with van der Waals surface area (Å²) in [6, 6.07) is 10.4. The molecule has 0 aromatic heterocycles. The molecule has 1 aromatic carbocycles. The Morgan fingerprint density at radius 3 is 2.85 bits per heavy atom. The predicted octanol–water partition coefficient (Wildman–Crippen LogP) is 2.10. The van der Waals surface area contributed by atoms with Gasteiger partial charge < -0.3 is 19.7 Å². The van der Waals surface area contributed by atoms with Crippen LogP contribution < -0.4 is 0 Å². The summed E-state index contributed by atoms with van der Waals surface area (Å²) in [5, 5.41) is 11.7. The first-order chi connectivity index (χ1) is 9.81. The lowest BCUT2D eigenvalue weighted by atomic mass is 10.1. The Balaban J connectivity index is 1.65. The Morgan fingerprint density at radius 2 is 2.10 bits per heavy atom. The van der Waals surface area contributed by atoms with Crippen LogP contribution in [0.3, 0.4) is 0 Å². The van der Waals surface area contributed by atoms with Crippen molar-refractivity contribution in [3.05, 3.63) is 48.3 Å². The van der Waals surface area contributed by atoms with E-state index in [0.29, 0.717) is 13.3 Å². The minimum Gasteiger partial charge on any atom is -0.411 e. The van der Waals surface area contributed by atoms with Crippen LogP contribution in [0.1, 0.15) is 12.0 Å². The second-order valence-electron chi connectivity index (χ2n) is 4.78. The monoisotopic (exact) mass is 275 g/mol. The van der Waals surface area contributed by atoms with Gasteiger partial charge in [-0.2, -0.15) is 0 Å². The number of oxime groups is 1. The molecule has 5 heteroatoms. The van der Waals surface area contributed by atoms with Crippen molar-refractivity contribution in [2.45, 2.75) is 19.0 Å². The fourth-order valence-corrected chi connectivity index (χ4v) is 2.16. The molecule has 0 saturated heterocycles. The largest absolute Gasteiger partial charge is 0.411 e. The van der Waals surface area contributed by atoms with E-state index in [1.165, 1.54) is 11.8 Å². The zero-order valence-electron chi connectivity index (χ0n) is 11.7. The van der Waals surface area contributed by atoms with Gasteiger partial charge in [0.15, 0.2) is 0 Å². The van der Waals surface area contributed by atoms with Crippen LogP contribution in [0.15, 0.2) is 47.9 Å². The molecule has 1 atom stereocenters. The fraction of sp³-hybridized carbons (Fsp3) is 0.400. The SMILES string of the molecule is CN1C=CN(COCCCc2ccccc2)C1/C=N\O. The summed E-state index contributed by atoms with van der Waals surface area (Å²) in [7, 11) is 1.93. The van der Waals surface area contributed by atoms with Gasteiger partial charge in [-0.25, -0.2) is 0 Å². The number of benzene rings is 1. The van der Waals surface area contributed by atoms with Gasteiger partial charge >= 0.3 is 0 Å². The molecule has 0 bridgehead atoms. The second kappa shape index (κ2) is 7.55. The first-order valence-electron chi connectivity index (χ1n) is 6.76. The van der Waals surface area contributed by atoms with E-state index in [4.69, 9.17) is 9.94 Å². The molecule has 1 aliphatic rings. The van der Waals surface area contributed by atoms with Crippen LogP contribution in [-0.4, -0.2) is 47.8 Å². The molecule has 1 heterocycles. The van der Waals surface area contributed by atoms with Crippen molar-refractivity contribution in [2.24, 2.45) is 5.16 Å². The van der Waals surface area contributed by atoms with Crippen LogP contribution in [0.5, 0.6) is 0 Å². The summed E-state index contributed by atoms with van der Waals surface area (Å²) in [6.45, 7) is 1.21. The van der Waals surface area contributed by atoms with Crippen molar-refractivity contribution in [1.29, 1.82) is 0 Å². The van der Waals surface area contributed by atoms with Gasteiger partial charge in [-0.1, -0.05) is 35.5 Å². The smallest absolute Gasteiger partial charge is 0.142 e. The molecule has 1 aliphatic heterocycles. The van der Waals surface area contributed by atoms with Crippen LogP contribution in [-0.2, 0) is 11.2 Å². The lowest BCUT2D eigenvalue weighted by Crippen LogP contribution is -2.39. The quantitative estimate of drug-likeness (QED) is 0.358. The van der Waals surface area contributed by atoms with Gasteiger partial charge in [0.05, 0.1) is 6.21 Å². The van der Waals surface area contributed by atoms with Crippen LogP contribution in [0.2, 0.25) is 0 Å². The molecule has 2 rings (SSSR count). The molecule has 20 heavy (non-hydrogen) atoms. The van der Waals surface area contributed by atoms with Gasteiger partial charge in [-0.3, -0.25) is 0 Å². The van der Waals surface area contributed by atoms with Crippen molar-refractivity contribution in [1.82, 2.24) is 9.80 Å². The highest BCUT2D eigenvalue weighted by Crippen LogP contribution is 2.12. The Hall–Kier alpha value is -2.01. The molecule has 1 N–H and O–H groups in total. The highest BCUT2D eigenvalue weighted by molar-refractivity contribution is 5.64. The topological polar surface area (TPSA) is 48.3 Å². The van der Waals surface area contributed by atoms with Crippen molar-refractivity contribution in [2.75, 3.05) is 20.4 Å². The molecule has 1 unspecified atom stereocenters. The van der Waals surface area contributed by atoms with Gasteiger partial charge in [0.25, 0.3) is 0 Å². The maximum Gasteiger partial charge on any atom is 0.142 e. The summed E-state index contributed by atoms with van der Waals surface area (Å²) in [6.07, 6.45) is 7.29. The molecule has 0 spiro atoms. The number of rotatable bonds is 7. The van der Waals surface area contributed by atoms with Crippen LogP contribution in [0, 0.1) is 0 Å². The second-order valence-corrected chi connectivity index (χ2v) is 4.78. The summed E-state index contributed by atoms with van der Waals surface area (Å²) >= 11 is 0. The average molecular weight is 275 g/mol. The maximum atomic E-state index is 8.65. The molecular weight excluding hydrogens is 254 g/mol. The molecule has 0 aliphatic carbocycles. The first kappa shape index (κ1) is 14.4. The van der Waals surface area contributed by atoms with E-state index in [9.17, 15) is 0 Å². The van der Waals surface area contributed by atoms with Crippen LogP contribution in [0.4, 0.5) is 0 Å². The zero-order valence-corrected chi connectivity index (χ0v) is 11.7. The van der Waals surface area contributed by atoms with Gasteiger partial charge in [0.2, 0.25) is 0 Å². The lowest BCUT2D eigenvalue weighted by molar-refractivity contribution is 0.0334. The van der Waals surface area contributed by atoms with Gasteiger partial charge in [0, 0.05) is 26.1 Å². The molecule has 5 nitrogen and oxygen atoms in total. The maximum absolute atomic E-state index is 8.65. The van der Waals surface area contributed by atoms with Crippen molar-refractivity contribution in [3.8, 4) is 0 Å². The minimum atomic E-state index is -0.0749. The highest BCUT2D eigenvalue weighted by atomic mass is 16.5. The number of hydrogen-bond donors (Lipinski definition) is 1. The average Bonchev–Trinajstić information content (AvgIpc) is 2.81. The molecule has 0 fully saturated rings. The number of aryl methyl sites for hydroxylation is 1. The van der Waals surface area contributed by atoms with Crippen molar-refractivity contribution >= 4 is 6.21 Å². The summed E-state index contributed by atoms with van der Waals surface area (Å²) < 4.78 is 5.67. The molecule has 0 amide bonds. The minimum absolute atomic E-state index is 0.0749. The van der Waals surface area contributed by atoms with E-state index in [2.05, 4.69) is 29.4 Å². The number of hydrogen-bond acceptors (Lipinski definition) is 5. The van der Waals surface area contributed by atoms with Crippen LogP contribution in [0.25, 0.3) is 0 Å². The Labute approximate surface area is 119 Å². The Bertz CT molecular complexity index is 448. The summed E-state index contributed by atoms with van der Waals surface area (Å²) in [5.41, 5.74) is 1.34. The van der Waals surface area contributed by atoms with E-state index < -0.39 is 0 Å². The van der Waals surface area contributed by atoms with Crippen molar-refractivity contribution < 1.29 is 9.94 Å². The van der Waals surface area contributed by atoms with Gasteiger partial charge in [-0.05, 0) is 18.4 Å². The van der Waals surface area contributed by atoms with E-state index >= 15 is 0 Å². The normalized spacial score (nSPS) is 18.4. The number of nitrogens with zero attached hydrogens (tertiary/aromatic N) is 3. The van der Waals surface area contributed by atoms with E-state index in [1.54, 1.807) is 0 Å². The first-order valence-corrected chi connectivity index (χ1v) is 6.76. The zero-order chi connectivity index (χ0) is 14.2. The molecule has 108 valence electrons. The fourth-order valence-electron chi connectivity index (χ4n) is 2.16. The third-order valence-corrected chi connectivity index (χ3v) is 3.29. The summed E-state index contributed by atoms with van der Waals surface area (Å²) in [5.74, 6) is 0. The molecule has 1 aromatic rings. The third-order valence-electron chi connectivity index (χ3n) is 3.29. The van der Waals surface area contributed by atoms with Gasteiger partial charge in [0.1, 0.15) is 12.9 Å². The van der Waals surface area contributed by atoms with E-state index in [0.717, 1.165) is 12.8 Å². The lowest BCUT2D eigenvalue weighted by Gasteiger charge is -2.26. The third kappa shape index (κ3) is 3.99. The van der Waals surface area contributed by atoms with E-state index in [-0.39, 0.29) is 6.17 Å². The molecular formula is C15H21N3O2. The van der Waals surface area contributed by atoms with Gasteiger partial charge in [-0.15, -0.1) is 0 Å². The Morgan fingerprint density at radius 1 is 1.30 bits per heavy atom. The highest BCUT2D eigenvalue weighted by Gasteiger charge is 2.21. The van der Waals surface area contributed by atoms with Crippen molar-refractivity contribution in [3.63, 3.8) is 0 Å².